The van der Waals surface area contributed by atoms with Crippen molar-refractivity contribution in [2.45, 2.75) is 13.0 Å². The summed E-state index contributed by atoms with van der Waals surface area (Å²) in [6, 6.07) is 16.1. The quantitative estimate of drug-likeness (QED) is 0.703. The average molecular weight is 368 g/mol. The van der Waals surface area contributed by atoms with Gasteiger partial charge in [0.15, 0.2) is 0 Å². The lowest BCUT2D eigenvalue weighted by atomic mass is 10.1. The van der Waals surface area contributed by atoms with Crippen LogP contribution in [0.1, 0.15) is 21.5 Å². The summed E-state index contributed by atoms with van der Waals surface area (Å²) in [4.78, 5) is 16.5. The second kappa shape index (κ2) is 9.53. The third-order valence-corrected chi connectivity index (χ3v) is 5.12. The molecule has 0 bridgehead atoms. The molecule has 3 rings (SSSR count). The molecule has 5 nitrogen and oxygen atoms in total. The maximum absolute atomic E-state index is 11.5. The van der Waals surface area contributed by atoms with Crippen LogP contribution in [0.25, 0.3) is 0 Å². The standard InChI is InChI=1S/C22H28N2O3/c1-26-21-9-5-18(6-10-21)11-12-23-13-15-24(16-14-23)17-19-3-7-20(8-4-19)22(25)27-2/h3-10H,11-17H2,1-2H3. The molecule has 1 aliphatic rings. The van der Waals surface area contributed by atoms with Gasteiger partial charge in [-0.1, -0.05) is 24.3 Å². The van der Waals surface area contributed by atoms with Gasteiger partial charge in [-0.25, -0.2) is 4.79 Å². The summed E-state index contributed by atoms with van der Waals surface area (Å²) < 4.78 is 9.95. The summed E-state index contributed by atoms with van der Waals surface area (Å²) in [6.45, 7) is 6.34. The van der Waals surface area contributed by atoms with Gasteiger partial charge in [-0.05, 0) is 41.8 Å². The topological polar surface area (TPSA) is 42.0 Å². The molecule has 2 aromatic rings. The second-order valence-corrected chi connectivity index (χ2v) is 6.90. The molecule has 0 spiro atoms. The van der Waals surface area contributed by atoms with E-state index in [1.165, 1.54) is 18.2 Å². The first-order valence-corrected chi connectivity index (χ1v) is 9.43. The number of nitrogens with zero attached hydrogens (tertiary/aromatic N) is 2. The molecule has 144 valence electrons. The number of rotatable bonds is 7. The van der Waals surface area contributed by atoms with Crippen LogP contribution in [0.2, 0.25) is 0 Å². The molecule has 0 aromatic heterocycles. The van der Waals surface area contributed by atoms with Crippen LogP contribution in [-0.4, -0.2) is 62.7 Å². The highest BCUT2D eigenvalue weighted by Crippen LogP contribution is 2.14. The average Bonchev–Trinajstić information content (AvgIpc) is 2.73. The normalized spacial score (nSPS) is 15.5. The molecule has 0 unspecified atom stereocenters. The van der Waals surface area contributed by atoms with Crippen LogP contribution in [-0.2, 0) is 17.7 Å². The Hall–Kier alpha value is -2.37. The van der Waals surface area contributed by atoms with E-state index in [2.05, 4.69) is 21.9 Å². The van der Waals surface area contributed by atoms with Crippen LogP contribution in [0.4, 0.5) is 0 Å². The number of hydrogen-bond acceptors (Lipinski definition) is 5. The van der Waals surface area contributed by atoms with E-state index >= 15 is 0 Å². The Labute approximate surface area is 161 Å². The molecule has 1 heterocycles. The van der Waals surface area contributed by atoms with Crippen LogP contribution < -0.4 is 4.74 Å². The van der Waals surface area contributed by atoms with Crippen molar-refractivity contribution in [2.24, 2.45) is 0 Å². The molecule has 27 heavy (non-hydrogen) atoms. The summed E-state index contributed by atoms with van der Waals surface area (Å²) >= 11 is 0. The summed E-state index contributed by atoms with van der Waals surface area (Å²) in [5, 5.41) is 0. The lowest BCUT2D eigenvalue weighted by Gasteiger charge is -2.34. The van der Waals surface area contributed by atoms with Crippen LogP contribution in [0.5, 0.6) is 5.75 Å². The minimum Gasteiger partial charge on any atom is -0.497 e. The Morgan fingerprint density at radius 2 is 1.44 bits per heavy atom. The number of carbonyl (C=O) groups is 1. The zero-order chi connectivity index (χ0) is 19.1. The molecule has 0 saturated carbocycles. The lowest BCUT2D eigenvalue weighted by Crippen LogP contribution is -2.46. The van der Waals surface area contributed by atoms with E-state index in [-0.39, 0.29) is 5.97 Å². The molecular weight excluding hydrogens is 340 g/mol. The van der Waals surface area contributed by atoms with E-state index in [4.69, 9.17) is 9.47 Å². The predicted molar refractivity (Wildman–Crippen MR) is 106 cm³/mol. The van der Waals surface area contributed by atoms with Crippen molar-refractivity contribution in [1.82, 2.24) is 9.80 Å². The van der Waals surface area contributed by atoms with E-state index in [9.17, 15) is 4.79 Å². The Morgan fingerprint density at radius 1 is 0.852 bits per heavy atom. The fourth-order valence-corrected chi connectivity index (χ4v) is 3.37. The van der Waals surface area contributed by atoms with Gasteiger partial charge >= 0.3 is 5.97 Å². The van der Waals surface area contributed by atoms with Crippen molar-refractivity contribution in [2.75, 3.05) is 46.9 Å². The molecule has 0 aliphatic carbocycles. The second-order valence-electron chi connectivity index (χ2n) is 6.90. The van der Waals surface area contributed by atoms with Gasteiger partial charge in [0.1, 0.15) is 5.75 Å². The minimum atomic E-state index is -0.285. The molecule has 1 saturated heterocycles. The summed E-state index contributed by atoms with van der Waals surface area (Å²) in [5.74, 6) is 0.624. The summed E-state index contributed by atoms with van der Waals surface area (Å²) in [5.41, 5.74) is 3.18. The minimum absolute atomic E-state index is 0.285. The fourth-order valence-electron chi connectivity index (χ4n) is 3.37. The van der Waals surface area contributed by atoms with E-state index in [1.807, 2.05) is 36.4 Å². The highest BCUT2D eigenvalue weighted by molar-refractivity contribution is 5.89. The van der Waals surface area contributed by atoms with Gasteiger partial charge in [0.05, 0.1) is 19.8 Å². The monoisotopic (exact) mass is 368 g/mol. The molecule has 2 aromatic carbocycles. The first-order valence-electron chi connectivity index (χ1n) is 9.43. The maximum Gasteiger partial charge on any atom is 0.337 e. The molecule has 0 atom stereocenters. The molecule has 1 fully saturated rings. The smallest absolute Gasteiger partial charge is 0.337 e. The third-order valence-electron chi connectivity index (χ3n) is 5.12. The molecule has 1 aliphatic heterocycles. The van der Waals surface area contributed by atoms with E-state index < -0.39 is 0 Å². The maximum atomic E-state index is 11.5. The molecule has 5 heteroatoms. The van der Waals surface area contributed by atoms with Gasteiger partial charge in [0, 0.05) is 39.3 Å². The zero-order valence-electron chi connectivity index (χ0n) is 16.2. The van der Waals surface area contributed by atoms with E-state index in [0.29, 0.717) is 5.56 Å². The van der Waals surface area contributed by atoms with Gasteiger partial charge in [0.25, 0.3) is 0 Å². The molecular formula is C22H28N2O3. The molecule has 0 N–H and O–H groups in total. The largest absolute Gasteiger partial charge is 0.497 e. The first kappa shape index (κ1) is 19.4. The highest BCUT2D eigenvalue weighted by atomic mass is 16.5. The number of methoxy groups -OCH3 is 2. The van der Waals surface area contributed by atoms with Crippen molar-refractivity contribution >= 4 is 5.97 Å². The Balaban J connectivity index is 1.41. The van der Waals surface area contributed by atoms with Crippen molar-refractivity contribution in [1.29, 1.82) is 0 Å². The number of hydrogen-bond donors (Lipinski definition) is 0. The zero-order valence-corrected chi connectivity index (χ0v) is 16.2. The van der Waals surface area contributed by atoms with E-state index in [1.54, 1.807) is 7.11 Å². The van der Waals surface area contributed by atoms with Crippen LogP contribution in [0.15, 0.2) is 48.5 Å². The van der Waals surface area contributed by atoms with Gasteiger partial charge in [-0.15, -0.1) is 0 Å². The molecule has 0 amide bonds. The molecule has 0 radical (unpaired) electrons. The summed E-state index contributed by atoms with van der Waals surface area (Å²) in [6.07, 6.45) is 1.07. The van der Waals surface area contributed by atoms with Crippen molar-refractivity contribution in [3.63, 3.8) is 0 Å². The van der Waals surface area contributed by atoms with Crippen LogP contribution in [0.3, 0.4) is 0 Å². The number of piperazine rings is 1. The Kier molecular flexibility index (Phi) is 6.85. The number of benzene rings is 2. The van der Waals surface area contributed by atoms with E-state index in [0.717, 1.165) is 51.4 Å². The van der Waals surface area contributed by atoms with Crippen LogP contribution in [0, 0.1) is 0 Å². The highest BCUT2D eigenvalue weighted by Gasteiger charge is 2.17. The van der Waals surface area contributed by atoms with Crippen molar-refractivity contribution in [3.05, 3.63) is 65.2 Å². The van der Waals surface area contributed by atoms with Crippen LogP contribution >= 0.6 is 0 Å². The predicted octanol–water partition coefficient (Wildman–Crippen LogP) is 2.84. The number of ether oxygens (including phenoxy) is 2. The van der Waals surface area contributed by atoms with Gasteiger partial charge in [0.2, 0.25) is 0 Å². The number of carbonyl (C=O) groups excluding carboxylic acids is 1. The Morgan fingerprint density at radius 3 is 2.04 bits per heavy atom. The SMILES string of the molecule is COC(=O)c1ccc(CN2CCN(CCc3ccc(OC)cc3)CC2)cc1. The summed E-state index contributed by atoms with van der Waals surface area (Å²) in [7, 11) is 3.10. The third kappa shape index (κ3) is 5.55. The Bertz CT molecular complexity index is 720. The fraction of sp³-hybridized carbons (Fsp3) is 0.409. The van der Waals surface area contributed by atoms with Crippen molar-refractivity contribution in [3.8, 4) is 5.75 Å². The van der Waals surface area contributed by atoms with Gasteiger partial charge in [-0.2, -0.15) is 0 Å². The number of esters is 1. The first-order chi connectivity index (χ1) is 13.2. The lowest BCUT2D eigenvalue weighted by molar-refractivity contribution is 0.0600. The van der Waals surface area contributed by atoms with Crippen molar-refractivity contribution < 1.29 is 14.3 Å². The van der Waals surface area contributed by atoms with Gasteiger partial charge < -0.3 is 14.4 Å². The van der Waals surface area contributed by atoms with Gasteiger partial charge in [-0.3, -0.25) is 4.90 Å².